The predicted octanol–water partition coefficient (Wildman–Crippen LogP) is 2.47. The topological polar surface area (TPSA) is 55.1 Å². The number of amides is 1. The van der Waals surface area contributed by atoms with Crippen LogP contribution < -0.4 is 11.1 Å². The third-order valence-electron chi connectivity index (χ3n) is 3.28. The van der Waals surface area contributed by atoms with Crippen LogP contribution in [0.5, 0.6) is 0 Å². The largest absolute Gasteiger partial charge is 0.348 e. The van der Waals surface area contributed by atoms with E-state index < -0.39 is 5.54 Å². The van der Waals surface area contributed by atoms with Gasteiger partial charge in [0.1, 0.15) is 0 Å². The number of nitrogens with one attached hydrogen (secondary N) is 1. The Morgan fingerprint density at radius 2 is 2.06 bits per heavy atom. The molecule has 4 heteroatoms. The Morgan fingerprint density at radius 1 is 1.44 bits per heavy atom. The lowest BCUT2D eigenvalue weighted by Crippen LogP contribution is -2.43. The van der Waals surface area contributed by atoms with E-state index in [0.717, 1.165) is 24.2 Å². The van der Waals surface area contributed by atoms with Gasteiger partial charge in [0.2, 0.25) is 5.91 Å². The molecule has 1 aliphatic rings. The monoisotopic (exact) mass is 264 g/mol. The third kappa shape index (κ3) is 3.06. The van der Waals surface area contributed by atoms with Gasteiger partial charge in [-0.3, -0.25) is 4.79 Å². The maximum absolute atomic E-state index is 11.8. The first-order valence-electron chi connectivity index (χ1n) is 6.38. The van der Waals surface area contributed by atoms with Crippen molar-refractivity contribution in [3.63, 3.8) is 0 Å². The van der Waals surface area contributed by atoms with Crippen molar-refractivity contribution in [2.45, 2.75) is 43.2 Å². The van der Waals surface area contributed by atoms with Gasteiger partial charge in [-0.2, -0.15) is 0 Å². The van der Waals surface area contributed by atoms with Crippen molar-refractivity contribution in [3.05, 3.63) is 29.8 Å². The van der Waals surface area contributed by atoms with Gasteiger partial charge in [-0.05, 0) is 43.2 Å². The van der Waals surface area contributed by atoms with E-state index in [-0.39, 0.29) is 11.9 Å². The number of hydrogen-bond donors (Lipinski definition) is 2. The minimum atomic E-state index is -0.591. The highest BCUT2D eigenvalue weighted by molar-refractivity contribution is 7.99. The molecule has 1 aromatic carbocycles. The van der Waals surface area contributed by atoms with E-state index in [2.05, 4.69) is 36.5 Å². The number of benzene rings is 1. The molecule has 1 atom stereocenters. The number of carbonyl (C=O) groups is 1. The molecule has 0 radical (unpaired) electrons. The molecule has 2 rings (SSSR count). The minimum Gasteiger partial charge on any atom is -0.348 e. The Labute approximate surface area is 113 Å². The minimum absolute atomic E-state index is 0.0131. The zero-order valence-corrected chi connectivity index (χ0v) is 11.7. The summed E-state index contributed by atoms with van der Waals surface area (Å²) in [6.45, 7) is 4.13. The van der Waals surface area contributed by atoms with Crippen molar-refractivity contribution < 1.29 is 4.79 Å². The molecule has 0 saturated heterocycles. The van der Waals surface area contributed by atoms with Crippen LogP contribution >= 0.6 is 11.8 Å². The molecule has 3 nitrogen and oxygen atoms in total. The van der Waals surface area contributed by atoms with Crippen LogP contribution in [-0.4, -0.2) is 17.2 Å². The Bertz CT molecular complexity index is 426. The second kappa shape index (κ2) is 5.33. The molecule has 0 heterocycles. The summed E-state index contributed by atoms with van der Waals surface area (Å²) in [5, 5.41) is 2.98. The predicted molar refractivity (Wildman–Crippen MR) is 75.6 cm³/mol. The first-order valence-corrected chi connectivity index (χ1v) is 7.36. The molecule has 1 fully saturated rings. The van der Waals surface area contributed by atoms with Crippen molar-refractivity contribution in [1.82, 2.24) is 5.32 Å². The molecule has 1 saturated carbocycles. The van der Waals surface area contributed by atoms with Crippen molar-refractivity contribution in [3.8, 4) is 0 Å². The molecule has 3 N–H and O–H groups in total. The van der Waals surface area contributed by atoms with Gasteiger partial charge in [0.05, 0.1) is 11.6 Å². The van der Waals surface area contributed by atoms with Crippen molar-refractivity contribution in [2.24, 2.45) is 5.73 Å². The molecule has 0 spiro atoms. The molecule has 0 aromatic heterocycles. The highest BCUT2D eigenvalue weighted by atomic mass is 32.2. The maximum Gasteiger partial charge on any atom is 0.240 e. The molecule has 0 aliphatic heterocycles. The molecule has 98 valence electrons. The first-order chi connectivity index (χ1) is 8.55. The summed E-state index contributed by atoms with van der Waals surface area (Å²) in [5.41, 5.74) is 6.39. The lowest BCUT2D eigenvalue weighted by Gasteiger charge is -2.17. The molecule has 18 heavy (non-hydrogen) atoms. The van der Waals surface area contributed by atoms with Gasteiger partial charge in [0.25, 0.3) is 0 Å². The van der Waals surface area contributed by atoms with Crippen molar-refractivity contribution in [1.29, 1.82) is 0 Å². The lowest BCUT2D eigenvalue weighted by molar-refractivity contribution is -0.123. The molecule has 0 bridgehead atoms. The normalized spacial score (nSPS) is 18.2. The van der Waals surface area contributed by atoms with Crippen LogP contribution in [0.15, 0.2) is 29.2 Å². The van der Waals surface area contributed by atoms with Crippen LogP contribution in [0.3, 0.4) is 0 Å². The third-order valence-corrected chi connectivity index (χ3v) is 4.17. The summed E-state index contributed by atoms with van der Waals surface area (Å²) in [4.78, 5) is 13.1. The van der Waals surface area contributed by atoms with Crippen LogP contribution in [0.4, 0.5) is 0 Å². The number of carbonyl (C=O) groups excluding carboxylic acids is 1. The number of hydrogen-bond acceptors (Lipinski definition) is 3. The molecule has 1 aliphatic carbocycles. The van der Waals surface area contributed by atoms with Crippen LogP contribution in [0.1, 0.15) is 38.3 Å². The van der Waals surface area contributed by atoms with Crippen molar-refractivity contribution in [2.75, 3.05) is 5.75 Å². The zero-order valence-electron chi connectivity index (χ0n) is 10.9. The van der Waals surface area contributed by atoms with E-state index in [1.165, 1.54) is 4.90 Å². The van der Waals surface area contributed by atoms with E-state index in [9.17, 15) is 4.79 Å². The summed E-state index contributed by atoms with van der Waals surface area (Å²) in [5.74, 6) is 1.04. The van der Waals surface area contributed by atoms with Gasteiger partial charge in [-0.1, -0.05) is 19.1 Å². The summed E-state index contributed by atoms with van der Waals surface area (Å²) < 4.78 is 0. The average Bonchev–Trinajstić information content (AvgIpc) is 3.10. The van der Waals surface area contributed by atoms with Gasteiger partial charge in [-0.15, -0.1) is 11.8 Å². The summed E-state index contributed by atoms with van der Waals surface area (Å²) in [6, 6.07) is 8.35. The van der Waals surface area contributed by atoms with Crippen molar-refractivity contribution >= 4 is 17.7 Å². The fourth-order valence-electron chi connectivity index (χ4n) is 1.80. The Kier molecular flexibility index (Phi) is 3.97. The molecule has 1 amide bonds. The van der Waals surface area contributed by atoms with Crippen LogP contribution in [0.2, 0.25) is 0 Å². The highest BCUT2D eigenvalue weighted by Crippen LogP contribution is 2.33. The average molecular weight is 264 g/mol. The smallest absolute Gasteiger partial charge is 0.240 e. The quantitative estimate of drug-likeness (QED) is 0.803. The standard InChI is InChI=1S/C14H20N2OS/c1-3-18-12-6-4-11(5-7-12)10(2)16-13(17)14(15)8-9-14/h4-7,10H,3,8-9,15H2,1-2H3,(H,16,17). The Hall–Kier alpha value is -1.00. The second-order valence-corrected chi connectivity index (χ2v) is 6.19. The Morgan fingerprint density at radius 3 is 2.56 bits per heavy atom. The van der Waals surface area contributed by atoms with Gasteiger partial charge in [0, 0.05) is 4.90 Å². The molecule has 1 unspecified atom stereocenters. The fourth-order valence-corrected chi connectivity index (χ4v) is 2.47. The van der Waals surface area contributed by atoms with Crippen LogP contribution in [-0.2, 0) is 4.79 Å². The van der Waals surface area contributed by atoms with Crippen LogP contribution in [0.25, 0.3) is 0 Å². The van der Waals surface area contributed by atoms with E-state index in [1.807, 2.05) is 18.7 Å². The van der Waals surface area contributed by atoms with E-state index >= 15 is 0 Å². The summed E-state index contributed by atoms with van der Waals surface area (Å²) in [7, 11) is 0. The van der Waals surface area contributed by atoms with E-state index in [0.29, 0.717) is 0 Å². The SMILES string of the molecule is CCSc1ccc(C(C)NC(=O)C2(N)CC2)cc1. The van der Waals surface area contributed by atoms with E-state index in [1.54, 1.807) is 0 Å². The maximum atomic E-state index is 11.8. The zero-order chi connectivity index (χ0) is 13.2. The molecular formula is C14H20N2OS. The van der Waals surface area contributed by atoms with Crippen LogP contribution in [0, 0.1) is 0 Å². The second-order valence-electron chi connectivity index (χ2n) is 4.85. The summed E-state index contributed by atoms with van der Waals surface area (Å²) >= 11 is 1.82. The van der Waals surface area contributed by atoms with Gasteiger partial charge in [0.15, 0.2) is 0 Å². The van der Waals surface area contributed by atoms with E-state index in [4.69, 9.17) is 5.73 Å². The van der Waals surface area contributed by atoms with Gasteiger partial charge >= 0.3 is 0 Å². The highest BCUT2D eigenvalue weighted by Gasteiger charge is 2.46. The lowest BCUT2D eigenvalue weighted by atomic mass is 10.1. The molecular weight excluding hydrogens is 244 g/mol. The summed E-state index contributed by atoms with van der Waals surface area (Å²) in [6.07, 6.45) is 1.61. The number of thioether (sulfide) groups is 1. The Balaban J connectivity index is 1.95. The van der Waals surface area contributed by atoms with Gasteiger partial charge < -0.3 is 11.1 Å². The first kappa shape index (κ1) is 13.4. The van der Waals surface area contributed by atoms with Gasteiger partial charge in [-0.25, -0.2) is 0 Å². The fraction of sp³-hybridized carbons (Fsp3) is 0.500. The number of nitrogens with two attached hydrogens (primary N) is 1. The number of rotatable bonds is 5. The molecule has 1 aromatic rings.